The van der Waals surface area contributed by atoms with Crippen molar-refractivity contribution in [2.24, 2.45) is 0 Å². The summed E-state index contributed by atoms with van der Waals surface area (Å²) in [5.74, 6) is -0.129. The summed E-state index contributed by atoms with van der Waals surface area (Å²) >= 11 is 4.42. The number of carbonyl (C=O) groups excluding carboxylic acids is 1. The molecule has 0 spiro atoms. The molecule has 0 radical (unpaired) electrons. The Morgan fingerprint density at radius 3 is 2.28 bits per heavy atom. The van der Waals surface area contributed by atoms with Crippen LogP contribution in [0.3, 0.4) is 0 Å². The number of hydrogen-bond donors (Lipinski definition) is 2. The summed E-state index contributed by atoms with van der Waals surface area (Å²) in [6, 6.07) is 17.2. The largest absolute Gasteiger partial charge is 0.274 e. The Balaban J connectivity index is 2.44. The fourth-order valence-corrected chi connectivity index (χ4v) is 1.91. The third kappa shape index (κ3) is 2.84. The molecule has 0 bridgehead atoms. The lowest BCUT2D eigenvalue weighted by molar-refractivity contribution is -0.118. The molecule has 3 nitrogen and oxygen atoms in total. The number of anilines is 2. The van der Waals surface area contributed by atoms with Crippen LogP contribution in [0.2, 0.25) is 0 Å². The minimum Gasteiger partial charge on any atom is -0.274 e. The molecule has 92 valence electrons. The number of amides is 1. The number of hydrogen-bond acceptors (Lipinski definition) is 3. The summed E-state index contributed by atoms with van der Waals surface area (Å²) in [7, 11) is 0. The second-order valence-electron chi connectivity index (χ2n) is 3.83. The van der Waals surface area contributed by atoms with E-state index in [0.29, 0.717) is 0 Å². The second-order valence-corrected chi connectivity index (χ2v) is 4.31. The number of nitrogens with zero attached hydrogens (tertiary/aromatic N) is 1. The molecular weight excluding hydrogens is 244 g/mol. The van der Waals surface area contributed by atoms with Gasteiger partial charge in [0.15, 0.2) is 0 Å². The lowest BCUT2D eigenvalue weighted by Crippen LogP contribution is -2.37. The molecule has 0 aliphatic rings. The molecule has 0 heterocycles. The molecule has 18 heavy (non-hydrogen) atoms. The third-order valence-corrected chi connectivity index (χ3v) is 2.78. The van der Waals surface area contributed by atoms with Crippen LogP contribution in [0.4, 0.5) is 11.4 Å². The molecule has 2 rings (SSSR count). The van der Waals surface area contributed by atoms with E-state index in [0.717, 1.165) is 16.3 Å². The monoisotopic (exact) mass is 258 g/mol. The van der Waals surface area contributed by atoms with Gasteiger partial charge in [-0.3, -0.25) is 15.2 Å². The van der Waals surface area contributed by atoms with Crippen molar-refractivity contribution >= 4 is 29.9 Å². The van der Waals surface area contributed by atoms with Gasteiger partial charge in [-0.1, -0.05) is 30.3 Å². The summed E-state index contributed by atoms with van der Waals surface area (Å²) in [5, 5.41) is 1.73. The second kappa shape index (κ2) is 5.60. The quantitative estimate of drug-likeness (QED) is 0.654. The number of thiol groups is 1. The van der Waals surface area contributed by atoms with Crippen LogP contribution in [0.15, 0.2) is 59.5 Å². The lowest BCUT2D eigenvalue weighted by atomic mass is 10.2. The van der Waals surface area contributed by atoms with Gasteiger partial charge in [-0.05, 0) is 24.3 Å². The Morgan fingerprint density at radius 2 is 1.67 bits per heavy atom. The highest BCUT2D eigenvalue weighted by molar-refractivity contribution is 7.80. The molecule has 4 heteroatoms. The van der Waals surface area contributed by atoms with E-state index in [-0.39, 0.29) is 5.91 Å². The number of hydrazine groups is 1. The zero-order valence-corrected chi connectivity index (χ0v) is 10.9. The molecule has 0 aromatic heterocycles. The molecular formula is C14H14N2OS. The Bertz CT molecular complexity index is 543. The van der Waals surface area contributed by atoms with Crippen molar-refractivity contribution < 1.29 is 4.79 Å². The van der Waals surface area contributed by atoms with Gasteiger partial charge in [-0.2, -0.15) is 0 Å². The fourth-order valence-electron chi connectivity index (χ4n) is 1.65. The first kappa shape index (κ1) is 12.5. The first-order valence-electron chi connectivity index (χ1n) is 5.59. The number of carbonyl (C=O) groups is 1. The molecule has 0 saturated carbocycles. The van der Waals surface area contributed by atoms with Crippen LogP contribution >= 0.6 is 12.6 Å². The minimum atomic E-state index is -0.129. The van der Waals surface area contributed by atoms with Gasteiger partial charge in [0.1, 0.15) is 0 Å². The summed E-state index contributed by atoms with van der Waals surface area (Å²) < 4.78 is 0. The molecule has 0 atom stereocenters. The van der Waals surface area contributed by atoms with Crippen LogP contribution < -0.4 is 10.4 Å². The number of rotatable bonds is 3. The molecule has 2 aromatic carbocycles. The zero-order valence-electron chi connectivity index (χ0n) is 10.00. The zero-order chi connectivity index (χ0) is 13.0. The SMILES string of the molecule is CC(=O)NN(c1ccccc1)c1ccccc1S. The molecule has 0 unspecified atom stereocenters. The highest BCUT2D eigenvalue weighted by Gasteiger charge is 2.12. The topological polar surface area (TPSA) is 32.3 Å². The van der Waals surface area contributed by atoms with E-state index in [9.17, 15) is 4.79 Å². The van der Waals surface area contributed by atoms with Crippen LogP contribution in [0, 0.1) is 0 Å². The van der Waals surface area contributed by atoms with Crippen LogP contribution in [0.1, 0.15) is 6.92 Å². The summed E-state index contributed by atoms with van der Waals surface area (Å²) in [6.45, 7) is 1.48. The van der Waals surface area contributed by atoms with E-state index in [2.05, 4.69) is 18.1 Å². The smallest absolute Gasteiger partial charge is 0.235 e. The van der Waals surface area contributed by atoms with E-state index >= 15 is 0 Å². The van der Waals surface area contributed by atoms with Crippen LogP contribution in [0.5, 0.6) is 0 Å². The maximum absolute atomic E-state index is 11.3. The number of nitrogens with one attached hydrogen (secondary N) is 1. The van der Waals surface area contributed by atoms with Gasteiger partial charge in [-0.25, -0.2) is 0 Å². The van der Waals surface area contributed by atoms with Crippen LogP contribution in [-0.4, -0.2) is 5.91 Å². The average molecular weight is 258 g/mol. The van der Waals surface area contributed by atoms with Crippen molar-refractivity contribution in [3.8, 4) is 0 Å². The predicted octanol–water partition coefficient (Wildman–Crippen LogP) is 3.16. The van der Waals surface area contributed by atoms with Gasteiger partial charge in [0.25, 0.3) is 0 Å². The van der Waals surface area contributed by atoms with Gasteiger partial charge >= 0.3 is 0 Å². The first-order valence-corrected chi connectivity index (χ1v) is 6.03. The van der Waals surface area contributed by atoms with Gasteiger partial charge in [0, 0.05) is 11.8 Å². The minimum absolute atomic E-state index is 0.129. The van der Waals surface area contributed by atoms with E-state index < -0.39 is 0 Å². The summed E-state index contributed by atoms with van der Waals surface area (Å²) in [6.07, 6.45) is 0. The molecule has 0 fully saturated rings. The first-order chi connectivity index (χ1) is 8.68. The maximum atomic E-state index is 11.3. The van der Waals surface area contributed by atoms with Crippen molar-refractivity contribution in [2.45, 2.75) is 11.8 Å². The third-order valence-electron chi connectivity index (χ3n) is 2.41. The Labute approximate surface area is 112 Å². The Kier molecular flexibility index (Phi) is 3.89. The maximum Gasteiger partial charge on any atom is 0.235 e. The van der Waals surface area contributed by atoms with Crippen LogP contribution in [-0.2, 0) is 4.79 Å². The van der Waals surface area contributed by atoms with E-state index in [1.165, 1.54) is 6.92 Å². The van der Waals surface area contributed by atoms with Crippen molar-refractivity contribution in [1.82, 2.24) is 5.43 Å². The highest BCUT2D eigenvalue weighted by Crippen LogP contribution is 2.28. The number of benzene rings is 2. The van der Waals surface area contributed by atoms with E-state index in [4.69, 9.17) is 0 Å². The Morgan fingerprint density at radius 1 is 1.06 bits per heavy atom. The molecule has 1 N–H and O–H groups in total. The molecule has 0 aliphatic heterocycles. The van der Waals surface area contributed by atoms with Gasteiger partial charge < -0.3 is 0 Å². The molecule has 0 aliphatic carbocycles. The van der Waals surface area contributed by atoms with Gasteiger partial charge in [0.05, 0.1) is 11.4 Å². The normalized spacial score (nSPS) is 9.89. The van der Waals surface area contributed by atoms with Crippen molar-refractivity contribution in [2.75, 3.05) is 5.01 Å². The van der Waals surface area contributed by atoms with Gasteiger partial charge in [0.2, 0.25) is 5.91 Å². The van der Waals surface area contributed by atoms with Crippen molar-refractivity contribution in [1.29, 1.82) is 0 Å². The van der Waals surface area contributed by atoms with Gasteiger partial charge in [-0.15, -0.1) is 12.6 Å². The van der Waals surface area contributed by atoms with Crippen LogP contribution in [0.25, 0.3) is 0 Å². The summed E-state index contributed by atoms with van der Waals surface area (Å²) in [5.41, 5.74) is 4.52. The molecule has 0 saturated heterocycles. The van der Waals surface area contributed by atoms with Crippen molar-refractivity contribution in [3.05, 3.63) is 54.6 Å². The molecule has 2 aromatic rings. The summed E-state index contributed by atoms with van der Waals surface area (Å²) in [4.78, 5) is 12.1. The number of para-hydroxylation sites is 2. The van der Waals surface area contributed by atoms with E-state index in [1.54, 1.807) is 5.01 Å². The highest BCUT2D eigenvalue weighted by atomic mass is 32.1. The Hall–Kier alpha value is -1.94. The average Bonchev–Trinajstić information content (AvgIpc) is 2.38. The molecule has 1 amide bonds. The fraction of sp³-hybridized carbons (Fsp3) is 0.0714. The van der Waals surface area contributed by atoms with E-state index in [1.807, 2.05) is 54.6 Å². The van der Waals surface area contributed by atoms with Crippen molar-refractivity contribution in [3.63, 3.8) is 0 Å². The standard InChI is InChI=1S/C14H14N2OS/c1-11(17)15-16(12-7-3-2-4-8-12)13-9-5-6-10-14(13)18/h2-10,18H,1H3,(H,15,17). The lowest BCUT2D eigenvalue weighted by Gasteiger charge is -2.25. The predicted molar refractivity (Wildman–Crippen MR) is 76.1 cm³/mol.